The van der Waals surface area contributed by atoms with Crippen molar-refractivity contribution >= 4 is 21.2 Å². The fraction of sp³-hybridized carbons (Fsp3) is 0.136. The molecule has 0 aliphatic heterocycles. The van der Waals surface area contributed by atoms with Gasteiger partial charge in [-0.25, -0.2) is 17.2 Å². The Morgan fingerprint density at radius 2 is 1.70 bits per heavy atom. The molecule has 2 heterocycles. The average molecular weight is 498 g/mol. The van der Waals surface area contributed by atoms with Crippen molar-refractivity contribution in [2.24, 2.45) is 0 Å². The molecule has 0 aliphatic carbocycles. The topological polar surface area (TPSA) is 52.0 Å². The molecular weight excluding hydrogens is 483 g/mol. The zero-order valence-corrected chi connectivity index (χ0v) is 18.5. The lowest BCUT2D eigenvalue weighted by Gasteiger charge is -2.10. The zero-order valence-electron chi connectivity index (χ0n) is 16.9. The van der Waals surface area contributed by atoms with Crippen LogP contribution in [0, 0.1) is 11.6 Å². The number of rotatable bonds is 5. The predicted molar refractivity (Wildman–Crippen MR) is 115 cm³/mol. The first-order valence-electron chi connectivity index (χ1n) is 9.41. The van der Waals surface area contributed by atoms with Crippen LogP contribution in [0.3, 0.4) is 0 Å². The Kier molecular flexibility index (Phi) is 5.87. The van der Waals surface area contributed by atoms with E-state index in [2.05, 4.69) is 5.10 Å². The lowest BCUT2D eigenvalue weighted by Crippen LogP contribution is -2.15. The number of sulfone groups is 1. The van der Waals surface area contributed by atoms with Crippen LogP contribution in [-0.4, -0.2) is 24.5 Å². The van der Waals surface area contributed by atoms with Gasteiger partial charge in [-0.1, -0.05) is 18.2 Å². The van der Waals surface area contributed by atoms with Gasteiger partial charge in [-0.15, -0.1) is 11.3 Å². The van der Waals surface area contributed by atoms with Crippen LogP contribution < -0.4 is 0 Å². The Morgan fingerprint density at radius 1 is 0.970 bits per heavy atom. The van der Waals surface area contributed by atoms with Crippen LogP contribution in [0.4, 0.5) is 22.0 Å². The summed E-state index contributed by atoms with van der Waals surface area (Å²) in [5.41, 5.74) is -0.588. The quantitative estimate of drug-likeness (QED) is 0.316. The molecule has 11 heteroatoms. The fourth-order valence-electron chi connectivity index (χ4n) is 3.21. The molecule has 0 aliphatic rings. The number of thiophene rings is 1. The molecule has 4 aromatic rings. The molecule has 4 nitrogen and oxygen atoms in total. The van der Waals surface area contributed by atoms with Crippen LogP contribution >= 0.6 is 11.3 Å². The number of aromatic nitrogens is 2. The highest BCUT2D eigenvalue weighted by Gasteiger charge is 2.36. The number of alkyl halides is 3. The Balaban J connectivity index is 1.72. The molecule has 0 unspecified atom stereocenters. The molecule has 0 N–H and O–H groups in total. The van der Waals surface area contributed by atoms with E-state index in [1.54, 1.807) is 24.3 Å². The monoisotopic (exact) mass is 498 g/mol. The lowest BCUT2D eigenvalue weighted by atomic mass is 10.2. The average Bonchev–Trinajstić information content (AvgIpc) is 3.37. The number of benzene rings is 2. The largest absolute Gasteiger partial charge is 0.433 e. The summed E-state index contributed by atoms with van der Waals surface area (Å²) in [4.78, 5) is 1.18. The molecule has 0 fully saturated rings. The molecule has 0 saturated heterocycles. The second-order valence-electron chi connectivity index (χ2n) is 7.27. The van der Waals surface area contributed by atoms with E-state index in [1.807, 2.05) is 0 Å². The Labute approximate surface area is 189 Å². The highest BCUT2D eigenvalue weighted by Crippen LogP contribution is 2.38. The van der Waals surface area contributed by atoms with Crippen LogP contribution in [0.25, 0.3) is 21.0 Å². The van der Waals surface area contributed by atoms with Crippen molar-refractivity contribution in [3.63, 3.8) is 0 Å². The van der Waals surface area contributed by atoms with E-state index < -0.39 is 39.9 Å². The van der Waals surface area contributed by atoms with E-state index in [1.165, 1.54) is 12.1 Å². The Bertz CT molecular complexity index is 1440. The third kappa shape index (κ3) is 4.98. The standard InChI is InChI=1S/C22H15F5N2O2S2/c1-33(30,31)16-4-2-3-13(9-16)19-7-8-20(32-19)18-11-21(22(25,26)27)29(28-18)12-14-5-6-15(23)10-17(14)24/h2-11H,12H2,1H3. The summed E-state index contributed by atoms with van der Waals surface area (Å²) in [5.74, 6) is -1.80. The van der Waals surface area contributed by atoms with Gasteiger partial charge >= 0.3 is 6.18 Å². The zero-order chi connectivity index (χ0) is 24.0. The minimum absolute atomic E-state index is 0.0281. The maximum absolute atomic E-state index is 14.0. The molecule has 0 amide bonds. The van der Waals surface area contributed by atoms with Crippen LogP contribution in [0.1, 0.15) is 11.3 Å². The maximum Gasteiger partial charge on any atom is 0.433 e. The summed E-state index contributed by atoms with van der Waals surface area (Å²) in [7, 11) is -3.42. The Hall–Kier alpha value is -3.05. The van der Waals surface area contributed by atoms with Gasteiger partial charge in [-0.2, -0.15) is 18.3 Å². The van der Waals surface area contributed by atoms with E-state index in [-0.39, 0.29) is 16.2 Å². The van der Waals surface area contributed by atoms with Crippen LogP contribution in [0.5, 0.6) is 0 Å². The van der Waals surface area contributed by atoms with Gasteiger partial charge in [0.15, 0.2) is 9.84 Å². The third-order valence-corrected chi connectivity index (χ3v) is 7.08. The van der Waals surface area contributed by atoms with Gasteiger partial charge in [0.05, 0.1) is 16.3 Å². The van der Waals surface area contributed by atoms with Crippen molar-refractivity contribution in [3.05, 3.63) is 83.6 Å². The molecule has 2 aromatic heterocycles. The Morgan fingerprint density at radius 3 is 2.36 bits per heavy atom. The summed E-state index contributed by atoms with van der Waals surface area (Å²) in [6.45, 7) is -0.532. The van der Waals surface area contributed by atoms with Gasteiger partial charge in [0.25, 0.3) is 0 Å². The lowest BCUT2D eigenvalue weighted by molar-refractivity contribution is -0.144. The molecule has 0 spiro atoms. The summed E-state index contributed by atoms with van der Waals surface area (Å²) in [6.07, 6.45) is -3.66. The molecule has 0 bridgehead atoms. The molecule has 4 rings (SSSR count). The minimum atomic E-state index is -4.74. The molecular formula is C22H15F5N2O2S2. The van der Waals surface area contributed by atoms with Crippen molar-refractivity contribution in [1.82, 2.24) is 9.78 Å². The maximum atomic E-state index is 14.0. The summed E-state index contributed by atoms with van der Waals surface area (Å²) >= 11 is 1.14. The van der Waals surface area contributed by atoms with Gasteiger partial charge in [0, 0.05) is 22.8 Å². The molecule has 172 valence electrons. The highest BCUT2D eigenvalue weighted by atomic mass is 32.2. The van der Waals surface area contributed by atoms with Crippen molar-refractivity contribution in [1.29, 1.82) is 0 Å². The van der Waals surface area contributed by atoms with E-state index in [4.69, 9.17) is 0 Å². The molecule has 0 saturated carbocycles. The van der Waals surface area contributed by atoms with E-state index in [9.17, 15) is 30.4 Å². The van der Waals surface area contributed by atoms with Gasteiger partial charge < -0.3 is 0 Å². The SMILES string of the molecule is CS(=O)(=O)c1cccc(-c2ccc(-c3cc(C(F)(F)F)n(Cc4ccc(F)cc4F)n3)s2)c1. The number of halogens is 5. The minimum Gasteiger partial charge on any atom is -0.255 e. The number of hydrogen-bond acceptors (Lipinski definition) is 4. The predicted octanol–water partition coefficient (Wildman–Crippen LogP) is 6.03. The van der Waals surface area contributed by atoms with Gasteiger partial charge in [0.2, 0.25) is 0 Å². The molecule has 2 aromatic carbocycles. The third-order valence-electron chi connectivity index (χ3n) is 4.81. The van der Waals surface area contributed by atoms with Crippen LogP contribution in [0.2, 0.25) is 0 Å². The van der Waals surface area contributed by atoms with Gasteiger partial charge in [-0.05, 0) is 42.0 Å². The summed E-state index contributed by atoms with van der Waals surface area (Å²) in [6, 6.07) is 13.0. The second-order valence-corrected chi connectivity index (χ2v) is 10.4. The normalized spacial score (nSPS) is 12.3. The number of hydrogen-bond donors (Lipinski definition) is 0. The molecule has 0 atom stereocenters. The van der Waals surface area contributed by atoms with E-state index in [0.717, 1.165) is 35.8 Å². The van der Waals surface area contributed by atoms with Crippen molar-refractivity contribution in [2.45, 2.75) is 17.6 Å². The van der Waals surface area contributed by atoms with Gasteiger partial charge in [-0.3, -0.25) is 4.68 Å². The van der Waals surface area contributed by atoms with Gasteiger partial charge in [0.1, 0.15) is 23.0 Å². The number of nitrogens with zero attached hydrogens (tertiary/aromatic N) is 2. The van der Waals surface area contributed by atoms with Crippen molar-refractivity contribution < 1.29 is 30.4 Å². The van der Waals surface area contributed by atoms with Crippen molar-refractivity contribution in [3.8, 4) is 21.0 Å². The first-order chi connectivity index (χ1) is 15.4. The van der Waals surface area contributed by atoms with Crippen LogP contribution in [0.15, 0.2) is 65.6 Å². The second kappa shape index (κ2) is 8.38. The first-order valence-corrected chi connectivity index (χ1v) is 12.1. The molecule has 33 heavy (non-hydrogen) atoms. The highest BCUT2D eigenvalue weighted by molar-refractivity contribution is 7.90. The van der Waals surface area contributed by atoms with E-state index >= 15 is 0 Å². The summed E-state index contributed by atoms with van der Waals surface area (Å²) < 4.78 is 92.2. The fourth-order valence-corrected chi connectivity index (χ4v) is 4.83. The molecule has 0 radical (unpaired) electrons. The smallest absolute Gasteiger partial charge is 0.255 e. The van der Waals surface area contributed by atoms with Crippen LogP contribution in [-0.2, 0) is 22.6 Å². The summed E-state index contributed by atoms with van der Waals surface area (Å²) in [5, 5.41) is 4.02. The van der Waals surface area contributed by atoms with E-state index in [0.29, 0.717) is 26.1 Å². The first kappa shape index (κ1) is 23.1. The van der Waals surface area contributed by atoms with Crippen molar-refractivity contribution in [2.75, 3.05) is 6.26 Å².